The fourth-order valence-electron chi connectivity index (χ4n) is 2.67. The third-order valence-electron chi connectivity index (χ3n) is 3.92. The lowest BCUT2D eigenvalue weighted by Crippen LogP contribution is -2.32. The highest BCUT2D eigenvalue weighted by Crippen LogP contribution is 2.24. The van der Waals surface area contributed by atoms with E-state index in [9.17, 15) is 4.79 Å². The second kappa shape index (κ2) is 6.88. The van der Waals surface area contributed by atoms with Crippen LogP contribution in [0.25, 0.3) is 0 Å². The summed E-state index contributed by atoms with van der Waals surface area (Å²) in [5.41, 5.74) is 5.13. The summed E-state index contributed by atoms with van der Waals surface area (Å²) in [6, 6.07) is 6.20. The molecule has 0 radical (unpaired) electrons. The van der Waals surface area contributed by atoms with E-state index < -0.39 is 5.97 Å². The molecule has 0 aliphatic carbocycles. The second-order valence-electron chi connectivity index (χ2n) is 5.87. The first-order valence-corrected chi connectivity index (χ1v) is 8.17. The van der Waals surface area contributed by atoms with Crippen LogP contribution < -0.4 is 10.6 Å². The normalized spacial score (nSPS) is 15.7. The lowest BCUT2D eigenvalue weighted by molar-refractivity contribution is 0.0524. The highest BCUT2D eigenvalue weighted by Gasteiger charge is 2.19. The van der Waals surface area contributed by atoms with Gasteiger partial charge in [-0.2, -0.15) is 0 Å². The van der Waals surface area contributed by atoms with Gasteiger partial charge in [0.2, 0.25) is 5.95 Å². The van der Waals surface area contributed by atoms with Gasteiger partial charge in [0.1, 0.15) is 0 Å². The highest BCUT2D eigenvalue weighted by molar-refractivity contribution is 6.05. The van der Waals surface area contributed by atoms with Gasteiger partial charge in [-0.3, -0.25) is 0 Å². The van der Waals surface area contributed by atoms with Gasteiger partial charge in [-0.25, -0.2) is 19.8 Å². The Morgan fingerprint density at radius 2 is 2.12 bits per heavy atom. The Labute approximate surface area is 146 Å². The van der Waals surface area contributed by atoms with Crippen molar-refractivity contribution in [3.8, 4) is 0 Å². The van der Waals surface area contributed by atoms with Crippen molar-refractivity contribution in [3.05, 3.63) is 46.8 Å². The van der Waals surface area contributed by atoms with Crippen LogP contribution >= 0.6 is 0 Å². The zero-order valence-electron chi connectivity index (χ0n) is 14.8. The van der Waals surface area contributed by atoms with Crippen LogP contribution in [0.5, 0.6) is 0 Å². The predicted octanol–water partition coefficient (Wildman–Crippen LogP) is 2.90. The number of benzene rings is 1. The van der Waals surface area contributed by atoms with Crippen molar-refractivity contribution >= 4 is 23.3 Å². The highest BCUT2D eigenvalue weighted by atomic mass is 16.5. The molecular formula is C18H21N5O2. The molecule has 2 aromatic rings. The lowest BCUT2D eigenvalue weighted by atomic mass is 10.0. The summed E-state index contributed by atoms with van der Waals surface area (Å²) in [5.74, 6) is -0.0173. The van der Waals surface area contributed by atoms with Gasteiger partial charge in [0.15, 0.2) is 6.29 Å². The molecule has 3 rings (SSSR count). The summed E-state index contributed by atoms with van der Waals surface area (Å²) in [6.07, 6.45) is 1.10. The Kier molecular flexibility index (Phi) is 4.65. The van der Waals surface area contributed by atoms with Gasteiger partial charge < -0.3 is 15.4 Å². The van der Waals surface area contributed by atoms with Crippen LogP contribution in [0.4, 0.5) is 11.6 Å². The van der Waals surface area contributed by atoms with Crippen molar-refractivity contribution in [1.82, 2.24) is 9.97 Å². The van der Waals surface area contributed by atoms with Gasteiger partial charge in [-0.05, 0) is 39.3 Å². The number of fused-ring (bicyclic) bond motifs is 1. The number of nitrogens with zero attached hydrogens (tertiary/aromatic N) is 3. The number of aryl methyl sites for hydroxylation is 2. The summed E-state index contributed by atoms with van der Waals surface area (Å²) in [4.78, 5) is 25.0. The Balaban J connectivity index is 1.78. The maximum atomic E-state index is 11.8. The van der Waals surface area contributed by atoms with E-state index >= 15 is 0 Å². The minimum Gasteiger partial charge on any atom is -0.462 e. The van der Waals surface area contributed by atoms with Gasteiger partial charge >= 0.3 is 5.97 Å². The summed E-state index contributed by atoms with van der Waals surface area (Å²) in [6.45, 7) is 7.85. The molecule has 0 spiro atoms. The average Bonchev–Trinajstić information content (AvgIpc) is 2.54. The lowest BCUT2D eigenvalue weighted by Gasteiger charge is -2.25. The molecule has 1 aromatic heterocycles. The Morgan fingerprint density at radius 1 is 1.32 bits per heavy atom. The molecule has 2 heterocycles. The molecule has 0 amide bonds. The number of nitrogens with one attached hydrogen (secondary N) is 2. The molecule has 2 N–H and O–H groups in total. The number of aliphatic imine (C=N–C) groups is 1. The number of esters is 1. The molecule has 7 heteroatoms. The number of anilines is 2. The first-order valence-electron chi connectivity index (χ1n) is 8.17. The van der Waals surface area contributed by atoms with Crippen LogP contribution in [0.1, 0.15) is 41.0 Å². The van der Waals surface area contributed by atoms with Crippen molar-refractivity contribution in [1.29, 1.82) is 0 Å². The fourth-order valence-corrected chi connectivity index (χ4v) is 2.67. The molecule has 0 bridgehead atoms. The molecule has 0 fully saturated rings. The minimum absolute atomic E-state index is 0.317. The van der Waals surface area contributed by atoms with E-state index in [0.29, 0.717) is 23.8 Å². The first-order chi connectivity index (χ1) is 12.0. The van der Waals surface area contributed by atoms with Gasteiger partial charge in [-0.15, -0.1) is 0 Å². The molecule has 1 aliphatic heterocycles. The zero-order chi connectivity index (χ0) is 18.0. The molecular weight excluding hydrogens is 318 g/mol. The maximum absolute atomic E-state index is 11.8. The molecule has 130 valence electrons. The molecule has 1 aromatic carbocycles. The van der Waals surface area contributed by atoms with E-state index in [1.807, 2.05) is 13.8 Å². The second-order valence-corrected chi connectivity index (χ2v) is 5.87. The fraction of sp³-hybridized carbons (Fsp3) is 0.333. The topological polar surface area (TPSA) is 88.5 Å². The number of aromatic nitrogens is 2. The van der Waals surface area contributed by atoms with Crippen LogP contribution in [-0.4, -0.2) is 34.5 Å². The number of hydrogen-bond acceptors (Lipinski definition) is 7. The summed E-state index contributed by atoms with van der Waals surface area (Å²) < 4.78 is 4.99. The van der Waals surface area contributed by atoms with Gasteiger partial charge in [0.05, 0.1) is 17.9 Å². The molecule has 1 unspecified atom stereocenters. The maximum Gasteiger partial charge on any atom is 0.341 e. The van der Waals surface area contributed by atoms with Crippen LogP contribution in [0.2, 0.25) is 0 Å². The molecule has 1 aliphatic rings. The van der Waals surface area contributed by atoms with Crippen molar-refractivity contribution in [2.45, 2.75) is 34.0 Å². The molecule has 7 nitrogen and oxygen atoms in total. The predicted molar refractivity (Wildman–Crippen MR) is 97.1 cm³/mol. The van der Waals surface area contributed by atoms with Crippen molar-refractivity contribution < 1.29 is 9.53 Å². The summed E-state index contributed by atoms with van der Waals surface area (Å²) >= 11 is 0. The van der Waals surface area contributed by atoms with Crippen LogP contribution in [0.15, 0.2) is 29.4 Å². The largest absolute Gasteiger partial charge is 0.462 e. The molecule has 1 atom stereocenters. The number of ether oxygens (including phenoxy) is 1. The van der Waals surface area contributed by atoms with E-state index in [-0.39, 0.29) is 6.29 Å². The Hall–Kier alpha value is -2.96. The third kappa shape index (κ3) is 3.60. The van der Waals surface area contributed by atoms with E-state index in [1.165, 1.54) is 11.8 Å². The van der Waals surface area contributed by atoms with Gasteiger partial charge in [-0.1, -0.05) is 12.1 Å². The Morgan fingerprint density at radius 3 is 2.84 bits per heavy atom. The van der Waals surface area contributed by atoms with Crippen molar-refractivity contribution in [2.24, 2.45) is 4.99 Å². The van der Waals surface area contributed by atoms with Gasteiger partial charge in [0, 0.05) is 23.2 Å². The van der Waals surface area contributed by atoms with Crippen molar-refractivity contribution in [3.63, 3.8) is 0 Å². The van der Waals surface area contributed by atoms with E-state index in [2.05, 4.69) is 43.8 Å². The van der Waals surface area contributed by atoms with E-state index in [0.717, 1.165) is 17.0 Å². The van der Waals surface area contributed by atoms with Gasteiger partial charge in [0.25, 0.3) is 0 Å². The monoisotopic (exact) mass is 339 g/mol. The summed E-state index contributed by atoms with van der Waals surface area (Å²) in [5, 5.41) is 6.46. The van der Waals surface area contributed by atoms with E-state index in [1.54, 1.807) is 13.8 Å². The number of hydrogen-bond donors (Lipinski definition) is 2. The minimum atomic E-state index is -0.416. The number of rotatable bonds is 4. The van der Waals surface area contributed by atoms with E-state index in [4.69, 9.17) is 4.74 Å². The molecule has 0 saturated heterocycles. The standard InChI is InChI=1S/C18H21N5O2/c1-5-25-16(24)14-9-19-17(20-12(14)4)23-18-21-11(3)13-7-6-10(2)8-15(13)22-18/h6-9,18,22H,5H2,1-4H3,(H,19,20,23). The average molecular weight is 339 g/mol. The SMILES string of the molecule is CCOC(=O)c1cnc(NC2N=C(C)c3ccc(C)cc3N2)nc1C. The zero-order valence-corrected chi connectivity index (χ0v) is 14.8. The quantitative estimate of drug-likeness (QED) is 0.833. The van der Waals surface area contributed by atoms with Crippen LogP contribution in [0.3, 0.4) is 0 Å². The van der Waals surface area contributed by atoms with Crippen molar-refractivity contribution in [2.75, 3.05) is 17.2 Å². The van der Waals surface area contributed by atoms with Crippen LogP contribution in [0, 0.1) is 13.8 Å². The number of carbonyl (C=O) groups is 1. The third-order valence-corrected chi connectivity index (χ3v) is 3.92. The molecule has 0 saturated carbocycles. The number of carbonyl (C=O) groups excluding carboxylic acids is 1. The Bertz CT molecular complexity index is 847. The molecule has 25 heavy (non-hydrogen) atoms. The summed E-state index contributed by atoms with van der Waals surface area (Å²) in [7, 11) is 0. The van der Waals surface area contributed by atoms with Crippen LogP contribution in [-0.2, 0) is 4.74 Å². The smallest absolute Gasteiger partial charge is 0.341 e. The first kappa shape index (κ1) is 16.9.